The molecule has 2 unspecified atom stereocenters. The molecular weight excluding hydrogens is 250 g/mol. The van der Waals surface area contributed by atoms with Crippen molar-refractivity contribution in [3.63, 3.8) is 0 Å². The van der Waals surface area contributed by atoms with Crippen LogP contribution in [0.1, 0.15) is 60.3 Å². The van der Waals surface area contributed by atoms with E-state index < -0.39 is 5.54 Å². The minimum absolute atomic E-state index is 0.238. The van der Waals surface area contributed by atoms with Gasteiger partial charge in [0.25, 0.3) is 0 Å². The molecule has 1 saturated carbocycles. The van der Waals surface area contributed by atoms with Gasteiger partial charge >= 0.3 is 0 Å². The standard InChI is InChI=1S/C16H33N3O/c1-6-9-18-16(5,15(17)20)10-13(4)19(11-12(2)3)14-7-8-14/h12-14,18H,6-11H2,1-5H3,(H2,17,20). The third-order valence-electron chi connectivity index (χ3n) is 4.17. The Morgan fingerprint density at radius 2 is 2.00 bits per heavy atom. The Labute approximate surface area is 124 Å². The van der Waals surface area contributed by atoms with Gasteiger partial charge in [-0.15, -0.1) is 0 Å². The third kappa shape index (κ3) is 5.06. The smallest absolute Gasteiger partial charge is 0.237 e. The zero-order chi connectivity index (χ0) is 15.3. The zero-order valence-corrected chi connectivity index (χ0v) is 13.9. The number of carbonyl (C=O) groups excluding carboxylic acids is 1. The summed E-state index contributed by atoms with van der Waals surface area (Å²) in [5, 5.41) is 3.34. The molecule has 4 nitrogen and oxygen atoms in total. The molecule has 1 fully saturated rings. The molecular formula is C16H33N3O. The first-order valence-electron chi connectivity index (χ1n) is 8.10. The molecule has 0 heterocycles. The molecule has 118 valence electrons. The molecule has 0 radical (unpaired) electrons. The highest BCUT2D eigenvalue weighted by Gasteiger charge is 2.38. The van der Waals surface area contributed by atoms with Gasteiger partial charge < -0.3 is 11.1 Å². The second-order valence-corrected chi connectivity index (χ2v) is 7.00. The monoisotopic (exact) mass is 283 g/mol. The second kappa shape index (κ2) is 7.41. The summed E-state index contributed by atoms with van der Waals surface area (Å²) < 4.78 is 0. The van der Waals surface area contributed by atoms with E-state index in [2.05, 4.69) is 37.9 Å². The fourth-order valence-corrected chi connectivity index (χ4v) is 2.89. The SMILES string of the molecule is CCCNC(C)(CC(C)N(CC(C)C)C1CC1)C(N)=O. The fourth-order valence-electron chi connectivity index (χ4n) is 2.89. The highest BCUT2D eigenvalue weighted by atomic mass is 16.1. The maximum atomic E-state index is 11.8. The fraction of sp³-hybridized carbons (Fsp3) is 0.938. The number of nitrogens with one attached hydrogen (secondary N) is 1. The lowest BCUT2D eigenvalue weighted by Crippen LogP contribution is -2.57. The Hall–Kier alpha value is -0.610. The predicted octanol–water partition coefficient (Wildman–Crippen LogP) is 2.13. The average molecular weight is 283 g/mol. The molecule has 0 aromatic heterocycles. The number of primary amides is 1. The first-order chi connectivity index (χ1) is 9.30. The van der Waals surface area contributed by atoms with Crippen LogP contribution < -0.4 is 11.1 Å². The lowest BCUT2D eigenvalue weighted by atomic mass is 9.91. The Morgan fingerprint density at radius 1 is 1.40 bits per heavy atom. The summed E-state index contributed by atoms with van der Waals surface area (Å²) in [7, 11) is 0. The van der Waals surface area contributed by atoms with Gasteiger partial charge in [0, 0.05) is 18.6 Å². The summed E-state index contributed by atoms with van der Waals surface area (Å²) in [5.74, 6) is 0.416. The average Bonchev–Trinajstić information content (AvgIpc) is 3.17. The number of nitrogens with zero attached hydrogens (tertiary/aromatic N) is 1. The van der Waals surface area contributed by atoms with Crippen molar-refractivity contribution in [2.24, 2.45) is 11.7 Å². The summed E-state index contributed by atoms with van der Waals surface area (Å²) >= 11 is 0. The zero-order valence-electron chi connectivity index (χ0n) is 13.9. The van der Waals surface area contributed by atoms with E-state index in [9.17, 15) is 4.79 Å². The second-order valence-electron chi connectivity index (χ2n) is 7.00. The summed E-state index contributed by atoms with van der Waals surface area (Å²) in [6.07, 6.45) is 4.39. The van der Waals surface area contributed by atoms with Gasteiger partial charge in [0.15, 0.2) is 0 Å². The highest BCUT2D eigenvalue weighted by Crippen LogP contribution is 2.31. The molecule has 0 bridgehead atoms. The van der Waals surface area contributed by atoms with Gasteiger partial charge in [0.2, 0.25) is 5.91 Å². The first kappa shape index (κ1) is 17.4. The number of carbonyl (C=O) groups is 1. The predicted molar refractivity (Wildman–Crippen MR) is 84.5 cm³/mol. The Balaban J connectivity index is 2.67. The van der Waals surface area contributed by atoms with Crippen LogP contribution in [0.15, 0.2) is 0 Å². The quantitative estimate of drug-likeness (QED) is 0.646. The van der Waals surface area contributed by atoms with Crippen molar-refractivity contribution in [3.8, 4) is 0 Å². The Kier molecular flexibility index (Phi) is 6.46. The van der Waals surface area contributed by atoms with Crippen molar-refractivity contribution in [1.82, 2.24) is 10.2 Å². The summed E-state index contributed by atoms with van der Waals surface area (Å²) in [6, 6.07) is 1.10. The minimum atomic E-state index is -0.598. The molecule has 0 spiro atoms. The van der Waals surface area contributed by atoms with Gasteiger partial charge in [-0.1, -0.05) is 20.8 Å². The van der Waals surface area contributed by atoms with Crippen LogP contribution in [0.3, 0.4) is 0 Å². The first-order valence-corrected chi connectivity index (χ1v) is 8.10. The maximum absolute atomic E-state index is 11.8. The molecule has 1 amide bonds. The molecule has 3 N–H and O–H groups in total. The lowest BCUT2D eigenvalue weighted by Gasteiger charge is -2.37. The molecule has 1 rings (SSSR count). The molecule has 4 heteroatoms. The van der Waals surface area contributed by atoms with Crippen molar-refractivity contribution < 1.29 is 4.79 Å². The van der Waals surface area contributed by atoms with E-state index in [-0.39, 0.29) is 5.91 Å². The molecule has 0 aromatic rings. The van der Waals surface area contributed by atoms with Crippen molar-refractivity contribution >= 4 is 5.91 Å². The Morgan fingerprint density at radius 3 is 2.40 bits per heavy atom. The summed E-state index contributed by atoms with van der Waals surface area (Å²) in [4.78, 5) is 14.4. The number of amides is 1. The molecule has 20 heavy (non-hydrogen) atoms. The normalized spacial score (nSPS) is 20.1. The van der Waals surface area contributed by atoms with Crippen molar-refractivity contribution in [2.45, 2.75) is 77.9 Å². The number of rotatable bonds is 10. The van der Waals surface area contributed by atoms with E-state index in [4.69, 9.17) is 5.73 Å². The van der Waals surface area contributed by atoms with Crippen LogP contribution in [-0.4, -0.2) is 41.5 Å². The highest BCUT2D eigenvalue weighted by molar-refractivity contribution is 5.84. The van der Waals surface area contributed by atoms with Crippen LogP contribution in [0.2, 0.25) is 0 Å². The molecule has 2 atom stereocenters. The van der Waals surface area contributed by atoms with Gasteiger partial charge in [0.05, 0.1) is 5.54 Å². The van der Waals surface area contributed by atoms with Gasteiger partial charge in [-0.05, 0) is 52.0 Å². The molecule has 1 aliphatic carbocycles. The summed E-state index contributed by atoms with van der Waals surface area (Å²) in [5.41, 5.74) is 5.04. The van der Waals surface area contributed by atoms with Gasteiger partial charge in [0.1, 0.15) is 0 Å². The lowest BCUT2D eigenvalue weighted by molar-refractivity contribution is -0.124. The van der Waals surface area contributed by atoms with Crippen molar-refractivity contribution in [3.05, 3.63) is 0 Å². The molecule has 0 aliphatic heterocycles. The van der Waals surface area contributed by atoms with E-state index in [1.54, 1.807) is 0 Å². The van der Waals surface area contributed by atoms with Gasteiger partial charge in [-0.25, -0.2) is 0 Å². The Bertz CT molecular complexity index is 315. The van der Waals surface area contributed by atoms with Crippen LogP contribution in [0.5, 0.6) is 0 Å². The van der Waals surface area contributed by atoms with Crippen LogP contribution in [0.4, 0.5) is 0 Å². The molecule has 1 aliphatic rings. The van der Waals surface area contributed by atoms with Crippen LogP contribution in [-0.2, 0) is 4.79 Å². The van der Waals surface area contributed by atoms with Gasteiger partial charge in [-0.3, -0.25) is 9.69 Å². The summed E-state index contributed by atoms with van der Waals surface area (Å²) in [6.45, 7) is 12.7. The third-order valence-corrected chi connectivity index (χ3v) is 4.17. The van der Waals surface area contributed by atoms with Crippen molar-refractivity contribution in [1.29, 1.82) is 0 Å². The number of hydrogen-bond acceptors (Lipinski definition) is 3. The van der Waals surface area contributed by atoms with E-state index in [0.717, 1.165) is 32.0 Å². The van der Waals surface area contributed by atoms with Crippen molar-refractivity contribution in [2.75, 3.05) is 13.1 Å². The topological polar surface area (TPSA) is 58.4 Å². The van der Waals surface area contributed by atoms with E-state index in [1.165, 1.54) is 12.8 Å². The maximum Gasteiger partial charge on any atom is 0.237 e. The van der Waals surface area contributed by atoms with E-state index >= 15 is 0 Å². The minimum Gasteiger partial charge on any atom is -0.368 e. The van der Waals surface area contributed by atoms with Gasteiger partial charge in [-0.2, -0.15) is 0 Å². The molecule has 0 saturated heterocycles. The van der Waals surface area contributed by atoms with E-state index in [1.807, 2.05) is 6.92 Å². The van der Waals surface area contributed by atoms with Crippen LogP contribution in [0.25, 0.3) is 0 Å². The number of hydrogen-bond donors (Lipinski definition) is 2. The largest absolute Gasteiger partial charge is 0.368 e. The van der Waals surface area contributed by atoms with Crippen LogP contribution >= 0.6 is 0 Å². The number of nitrogens with two attached hydrogens (primary N) is 1. The molecule has 0 aromatic carbocycles. The van der Waals surface area contributed by atoms with E-state index in [0.29, 0.717) is 12.0 Å². The van der Waals surface area contributed by atoms with Crippen LogP contribution in [0, 0.1) is 5.92 Å².